The first-order valence-corrected chi connectivity index (χ1v) is 7.72. The van der Waals surface area contributed by atoms with Crippen LogP contribution in [0.5, 0.6) is 0 Å². The van der Waals surface area contributed by atoms with Crippen molar-refractivity contribution < 1.29 is 0 Å². The highest BCUT2D eigenvalue weighted by molar-refractivity contribution is 5.84. The van der Waals surface area contributed by atoms with Crippen LogP contribution in [-0.4, -0.2) is 13.1 Å². The third-order valence-corrected chi connectivity index (χ3v) is 3.28. The topological polar surface area (TPSA) is 74.6 Å². The molecule has 0 unspecified atom stereocenters. The maximum absolute atomic E-state index is 9.21. The number of hydrogen-bond donors (Lipinski definition) is 0. The van der Waals surface area contributed by atoms with E-state index < -0.39 is 0 Å². The molecule has 0 aliphatic carbocycles. The Morgan fingerprint density at radius 3 is 1.70 bits per heavy atom. The van der Waals surface area contributed by atoms with Crippen LogP contribution in [0.3, 0.4) is 0 Å². The second-order valence-corrected chi connectivity index (χ2v) is 6.32. The van der Waals surface area contributed by atoms with Gasteiger partial charge in [-0.3, -0.25) is 0 Å². The van der Waals surface area contributed by atoms with Crippen molar-refractivity contribution in [3.8, 4) is 18.2 Å². The van der Waals surface area contributed by atoms with Crippen LogP contribution in [-0.2, 0) is 0 Å². The predicted octanol–water partition coefficient (Wildman–Crippen LogP) is 4.13. The number of nitrogens with zero attached hydrogens (tertiary/aromatic N) is 4. The summed E-state index contributed by atoms with van der Waals surface area (Å²) in [6.45, 7) is 10.7. The molecule has 4 heteroatoms. The predicted molar refractivity (Wildman–Crippen MR) is 92.1 cm³/mol. The fraction of sp³-hybridized carbons (Fsp3) is 0.421. The highest BCUT2D eigenvalue weighted by Crippen LogP contribution is 2.23. The minimum Gasteiger partial charge on any atom is -0.371 e. The van der Waals surface area contributed by atoms with Crippen molar-refractivity contribution in [2.45, 2.75) is 27.7 Å². The van der Waals surface area contributed by atoms with Gasteiger partial charge >= 0.3 is 0 Å². The Morgan fingerprint density at radius 1 is 0.870 bits per heavy atom. The number of hydrogen-bond acceptors (Lipinski definition) is 4. The summed E-state index contributed by atoms with van der Waals surface area (Å²) in [4.78, 5) is 2.32. The quantitative estimate of drug-likeness (QED) is 0.741. The van der Waals surface area contributed by atoms with Crippen LogP contribution in [0.1, 0.15) is 33.3 Å². The fourth-order valence-corrected chi connectivity index (χ4v) is 2.41. The van der Waals surface area contributed by atoms with Crippen LogP contribution in [0.15, 0.2) is 29.8 Å². The molecular weight excluding hydrogens is 284 g/mol. The number of allylic oxidation sites excluding steroid dienone is 2. The number of nitriles is 3. The summed E-state index contributed by atoms with van der Waals surface area (Å²) in [5.74, 6) is 1.10. The zero-order chi connectivity index (χ0) is 17.4. The summed E-state index contributed by atoms with van der Waals surface area (Å²) < 4.78 is 0. The van der Waals surface area contributed by atoms with Crippen molar-refractivity contribution in [1.82, 2.24) is 0 Å². The number of rotatable bonds is 6. The highest BCUT2D eigenvalue weighted by Gasteiger charge is 2.13. The van der Waals surface area contributed by atoms with Crippen molar-refractivity contribution in [3.05, 3.63) is 35.4 Å². The third-order valence-electron chi connectivity index (χ3n) is 3.28. The first-order valence-electron chi connectivity index (χ1n) is 7.72. The average Bonchev–Trinajstić information content (AvgIpc) is 2.51. The van der Waals surface area contributed by atoms with E-state index in [0.717, 1.165) is 18.8 Å². The van der Waals surface area contributed by atoms with E-state index in [2.05, 4.69) is 32.6 Å². The average molecular weight is 306 g/mol. The fourth-order valence-electron chi connectivity index (χ4n) is 2.41. The van der Waals surface area contributed by atoms with E-state index in [0.29, 0.717) is 17.4 Å². The second kappa shape index (κ2) is 8.62. The Hall–Kier alpha value is -2.77. The summed E-state index contributed by atoms with van der Waals surface area (Å²) in [7, 11) is 0. The van der Waals surface area contributed by atoms with Gasteiger partial charge in [0.1, 0.15) is 23.8 Å². The maximum Gasteiger partial charge on any atom is 0.148 e. The lowest BCUT2D eigenvalue weighted by molar-refractivity contribution is 0.553. The van der Waals surface area contributed by atoms with E-state index in [1.54, 1.807) is 24.3 Å². The zero-order valence-electron chi connectivity index (χ0n) is 14.2. The first kappa shape index (κ1) is 18.3. The molecule has 0 atom stereocenters. The molecular formula is C19H22N4. The molecule has 0 heterocycles. The van der Waals surface area contributed by atoms with Gasteiger partial charge in [-0.1, -0.05) is 39.8 Å². The van der Waals surface area contributed by atoms with Crippen LogP contribution < -0.4 is 4.90 Å². The normalized spacial score (nSPS) is 9.87. The molecule has 0 saturated heterocycles. The van der Waals surface area contributed by atoms with Crippen LogP contribution in [0.4, 0.5) is 5.69 Å². The summed E-state index contributed by atoms with van der Waals surface area (Å²) >= 11 is 0. The largest absolute Gasteiger partial charge is 0.371 e. The molecule has 4 nitrogen and oxygen atoms in total. The van der Waals surface area contributed by atoms with E-state index in [1.807, 2.05) is 18.2 Å². The molecule has 118 valence electrons. The van der Waals surface area contributed by atoms with Gasteiger partial charge in [-0.15, -0.1) is 0 Å². The van der Waals surface area contributed by atoms with Crippen LogP contribution >= 0.6 is 0 Å². The Bertz CT molecular complexity index is 650. The zero-order valence-corrected chi connectivity index (χ0v) is 14.2. The number of benzene rings is 1. The monoisotopic (exact) mass is 306 g/mol. The van der Waals surface area contributed by atoms with Gasteiger partial charge in [0.05, 0.1) is 5.57 Å². The summed E-state index contributed by atoms with van der Waals surface area (Å²) in [6, 6.07) is 13.0. The Kier molecular flexibility index (Phi) is 6.85. The minimum absolute atomic E-state index is 0.126. The molecule has 0 aromatic heterocycles. The molecule has 23 heavy (non-hydrogen) atoms. The lowest BCUT2D eigenvalue weighted by Gasteiger charge is -2.28. The third kappa shape index (κ3) is 5.17. The molecule has 0 saturated carbocycles. The van der Waals surface area contributed by atoms with Gasteiger partial charge in [0.25, 0.3) is 0 Å². The molecule has 0 amide bonds. The van der Waals surface area contributed by atoms with Crippen molar-refractivity contribution in [3.63, 3.8) is 0 Å². The van der Waals surface area contributed by atoms with Crippen LogP contribution in [0.2, 0.25) is 0 Å². The maximum atomic E-state index is 9.21. The van der Waals surface area contributed by atoms with Gasteiger partial charge in [0.15, 0.2) is 0 Å². The van der Waals surface area contributed by atoms with Crippen molar-refractivity contribution in [1.29, 1.82) is 15.8 Å². The summed E-state index contributed by atoms with van der Waals surface area (Å²) in [6.07, 6.45) is 0. The van der Waals surface area contributed by atoms with Crippen molar-refractivity contribution in [2.75, 3.05) is 18.0 Å². The lowest BCUT2D eigenvalue weighted by atomic mass is 10.0. The SMILES string of the molecule is CC(C)CN(CC(C)C)c1ccc(C(C#N)=C(C#N)C#N)cc1. The Morgan fingerprint density at radius 2 is 1.35 bits per heavy atom. The van der Waals surface area contributed by atoms with Gasteiger partial charge in [-0.2, -0.15) is 15.8 Å². The Labute approximate surface area is 138 Å². The first-order chi connectivity index (χ1) is 10.9. The van der Waals surface area contributed by atoms with Gasteiger partial charge in [0.2, 0.25) is 0 Å². The van der Waals surface area contributed by atoms with Crippen LogP contribution in [0, 0.1) is 45.8 Å². The lowest BCUT2D eigenvalue weighted by Crippen LogP contribution is -2.31. The molecule has 0 N–H and O–H groups in total. The van der Waals surface area contributed by atoms with E-state index in [9.17, 15) is 5.26 Å². The van der Waals surface area contributed by atoms with Gasteiger partial charge in [0, 0.05) is 18.8 Å². The van der Waals surface area contributed by atoms with Gasteiger partial charge < -0.3 is 4.90 Å². The van der Waals surface area contributed by atoms with Gasteiger partial charge in [-0.25, -0.2) is 0 Å². The van der Waals surface area contributed by atoms with Crippen molar-refractivity contribution in [2.24, 2.45) is 11.8 Å². The van der Waals surface area contributed by atoms with E-state index in [-0.39, 0.29) is 11.1 Å². The second-order valence-electron chi connectivity index (χ2n) is 6.32. The smallest absolute Gasteiger partial charge is 0.148 e. The summed E-state index contributed by atoms with van der Waals surface area (Å²) in [5.41, 5.74) is 1.66. The molecule has 0 spiro atoms. The molecule has 0 fully saturated rings. The van der Waals surface area contributed by atoms with Gasteiger partial charge in [-0.05, 0) is 29.5 Å². The van der Waals surface area contributed by atoms with E-state index in [1.165, 1.54) is 0 Å². The summed E-state index contributed by atoms with van der Waals surface area (Å²) in [5, 5.41) is 27.1. The molecule has 0 radical (unpaired) electrons. The van der Waals surface area contributed by atoms with E-state index in [4.69, 9.17) is 10.5 Å². The standard InChI is InChI=1S/C19H22N4/c1-14(2)12-23(13-15(3)4)18-7-5-16(6-8-18)19(11-22)17(9-20)10-21/h5-8,14-15H,12-13H2,1-4H3. The number of anilines is 1. The molecule has 1 aromatic carbocycles. The molecule has 0 aliphatic rings. The molecule has 0 aliphatic heterocycles. The molecule has 1 aromatic rings. The Balaban J connectivity index is 3.16. The highest BCUT2D eigenvalue weighted by atomic mass is 15.1. The molecule has 1 rings (SSSR count). The molecule has 0 bridgehead atoms. The van der Waals surface area contributed by atoms with Crippen molar-refractivity contribution >= 4 is 11.3 Å². The minimum atomic E-state index is -0.151. The van der Waals surface area contributed by atoms with E-state index >= 15 is 0 Å². The van der Waals surface area contributed by atoms with Crippen LogP contribution in [0.25, 0.3) is 5.57 Å².